The van der Waals surface area contributed by atoms with Gasteiger partial charge in [0.15, 0.2) is 0 Å². The van der Waals surface area contributed by atoms with Crippen LogP contribution in [0.25, 0.3) is 0 Å². The molecular formula is C8H6Br2FNO3. The Morgan fingerprint density at radius 2 is 2.20 bits per heavy atom. The average molecular weight is 343 g/mol. The first-order valence-corrected chi connectivity index (χ1v) is 5.80. The topological polar surface area (TPSA) is 52.4 Å². The summed E-state index contributed by atoms with van der Waals surface area (Å²) in [6, 6.07) is 2.07. The van der Waals surface area contributed by atoms with Gasteiger partial charge in [0.1, 0.15) is 5.75 Å². The number of nitro groups is 1. The molecule has 0 N–H and O–H groups in total. The third kappa shape index (κ3) is 3.13. The Morgan fingerprint density at radius 1 is 1.53 bits per heavy atom. The fourth-order valence-corrected chi connectivity index (χ4v) is 1.51. The van der Waals surface area contributed by atoms with Crippen molar-refractivity contribution in [3.8, 4) is 5.75 Å². The molecule has 0 unspecified atom stereocenters. The predicted octanol–water partition coefficient (Wildman–Crippen LogP) is 3.27. The van der Waals surface area contributed by atoms with Crippen molar-refractivity contribution in [2.75, 3.05) is 11.9 Å². The molecule has 0 aliphatic heterocycles. The van der Waals surface area contributed by atoms with Crippen molar-refractivity contribution in [3.63, 3.8) is 0 Å². The molecule has 82 valence electrons. The van der Waals surface area contributed by atoms with Gasteiger partial charge in [0.05, 0.1) is 22.1 Å². The maximum Gasteiger partial charge on any atom is 0.308 e. The number of halogens is 3. The Hall–Kier alpha value is -0.690. The standard InChI is InChI=1S/C8H6Br2FNO3/c9-1-2-15-8-4-7(12(13)14)6(11)3-5(8)10/h3-4H,1-2H2. The van der Waals surface area contributed by atoms with E-state index in [1.54, 1.807) is 0 Å². The number of benzene rings is 1. The Labute approximate surface area is 102 Å². The number of nitro benzene ring substituents is 1. The van der Waals surface area contributed by atoms with Crippen LogP contribution >= 0.6 is 31.9 Å². The van der Waals surface area contributed by atoms with Crippen molar-refractivity contribution in [1.29, 1.82) is 0 Å². The summed E-state index contributed by atoms with van der Waals surface area (Å²) in [6.45, 7) is 0.349. The second-order valence-electron chi connectivity index (χ2n) is 2.53. The highest BCUT2D eigenvalue weighted by molar-refractivity contribution is 9.10. The average Bonchev–Trinajstić information content (AvgIpc) is 2.16. The zero-order valence-electron chi connectivity index (χ0n) is 7.37. The minimum atomic E-state index is -0.891. The van der Waals surface area contributed by atoms with Crippen molar-refractivity contribution in [1.82, 2.24) is 0 Å². The van der Waals surface area contributed by atoms with Crippen molar-refractivity contribution in [3.05, 3.63) is 32.5 Å². The highest BCUT2D eigenvalue weighted by Crippen LogP contribution is 2.31. The molecule has 15 heavy (non-hydrogen) atoms. The highest BCUT2D eigenvalue weighted by Gasteiger charge is 2.17. The van der Waals surface area contributed by atoms with Crippen LogP contribution in [0.4, 0.5) is 10.1 Å². The Kier molecular flexibility index (Phi) is 4.46. The van der Waals surface area contributed by atoms with Gasteiger partial charge in [-0.25, -0.2) is 0 Å². The fraction of sp³-hybridized carbons (Fsp3) is 0.250. The summed E-state index contributed by atoms with van der Waals surface area (Å²) in [6.07, 6.45) is 0. The molecule has 0 atom stereocenters. The quantitative estimate of drug-likeness (QED) is 0.479. The molecule has 0 aliphatic carbocycles. The first-order chi connectivity index (χ1) is 7.06. The normalized spacial score (nSPS) is 10.1. The first kappa shape index (κ1) is 12.4. The number of rotatable bonds is 4. The van der Waals surface area contributed by atoms with Gasteiger partial charge in [0.2, 0.25) is 5.82 Å². The minimum Gasteiger partial charge on any atom is -0.491 e. The maximum atomic E-state index is 13.1. The summed E-state index contributed by atoms with van der Waals surface area (Å²) < 4.78 is 18.6. The molecule has 0 aromatic heterocycles. The van der Waals surface area contributed by atoms with Gasteiger partial charge in [0.25, 0.3) is 0 Å². The second-order valence-corrected chi connectivity index (χ2v) is 4.18. The number of ether oxygens (including phenoxy) is 1. The lowest BCUT2D eigenvalue weighted by molar-refractivity contribution is -0.387. The summed E-state index contributed by atoms with van der Waals surface area (Å²) in [5.74, 6) is -0.638. The van der Waals surface area contributed by atoms with E-state index in [2.05, 4.69) is 31.9 Å². The van der Waals surface area contributed by atoms with Crippen LogP contribution in [0, 0.1) is 15.9 Å². The van der Waals surface area contributed by atoms with E-state index in [-0.39, 0.29) is 5.75 Å². The van der Waals surface area contributed by atoms with Crippen LogP contribution in [-0.4, -0.2) is 16.9 Å². The molecule has 4 nitrogen and oxygen atoms in total. The molecule has 0 saturated carbocycles. The van der Waals surface area contributed by atoms with E-state index in [0.29, 0.717) is 16.4 Å². The zero-order chi connectivity index (χ0) is 11.4. The van der Waals surface area contributed by atoms with Gasteiger partial charge in [-0.3, -0.25) is 10.1 Å². The third-order valence-corrected chi connectivity index (χ3v) is 2.48. The molecule has 0 bridgehead atoms. The summed E-state index contributed by atoms with van der Waals surface area (Å²) in [5, 5.41) is 11.0. The molecular weight excluding hydrogens is 337 g/mol. The number of hydrogen-bond donors (Lipinski definition) is 0. The van der Waals surface area contributed by atoms with Crippen LogP contribution in [0.1, 0.15) is 0 Å². The first-order valence-electron chi connectivity index (χ1n) is 3.88. The lowest BCUT2D eigenvalue weighted by atomic mass is 10.3. The van der Waals surface area contributed by atoms with Crippen LogP contribution in [0.15, 0.2) is 16.6 Å². The van der Waals surface area contributed by atoms with E-state index in [9.17, 15) is 14.5 Å². The van der Waals surface area contributed by atoms with E-state index in [0.717, 1.165) is 12.1 Å². The molecule has 0 saturated heterocycles. The van der Waals surface area contributed by atoms with E-state index in [4.69, 9.17) is 4.74 Å². The van der Waals surface area contributed by atoms with Gasteiger partial charge in [0, 0.05) is 5.33 Å². The van der Waals surface area contributed by atoms with Gasteiger partial charge in [-0.2, -0.15) is 4.39 Å². The summed E-state index contributed by atoms with van der Waals surface area (Å²) in [7, 11) is 0. The van der Waals surface area contributed by atoms with Crippen LogP contribution in [0.5, 0.6) is 5.75 Å². The lowest BCUT2D eigenvalue weighted by Crippen LogP contribution is -2.00. The Morgan fingerprint density at radius 3 is 2.73 bits per heavy atom. The van der Waals surface area contributed by atoms with E-state index in [1.165, 1.54) is 0 Å². The van der Waals surface area contributed by atoms with E-state index in [1.807, 2.05) is 0 Å². The molecule has 7 heteroatoms. The van der Waals surface area contributed by atoms with Gasteiger partial charge < -0.3 is 4.74 Å². The Bertz CT molecular complexity index is 386. The van der Waals surface area contributed by atoms with Crippen LogP contribution in [-0.2, 0) is 0 Å². The second kappa shape index (κ2) is 5.41. The number of hydrogen-bond acceptors (Lipinski definition) is 3. The van der Waals surface area contributed by atoms with Crippen LogP contribution in [0.2, 0.25) is 0 Å². The maximum absolute atomic E-state index is 13.1. The monoisotopic (exact) mass is 341 g/mol. The minimum absolute atomic E-state index is 0.252. The fourth-order valence-electron chi connectivity index (χ4n) is 0.917. The molecule has 0 heterocycles. The van der Waals surface area contributed by atoms with E-state index < -0.39 is 16.4 Å². The van der Waals surface area contributed by atoms with Gasteiger partial charge in [-0.05, 0) is 22.0 Å². The molecule has 1 rings (SSSR count). The highest BCUT2D eigenvalue weighted by atomic mass is 79.9. The lowest BCUT2D eigenvalue weighted by Gasteiger charge is -2.06. The van der Waals surface area contributed by atoms with Crippen molar-refractivity contribution in [2.45, 2.75) is 0 Å². The van der Waals surface area contributed by atoms with Crippen LogP contribution in [0.3, 0.4) is 0 Å². The number of nitrogens with zero attached hydrogens (tertiary/aromatic N) is 1. The predicted molar refractivity (Wildman–Crippen MR) is 60.0 cm³/mol. The van der Waals surface area contributed by atoms with Crippen molar-refractivity contribution in [2.24, 2.45) is 0 Å². The molecule has 0 radical (unpaired) electrons. The summed E-state index contributed by atoms with van der Waals surface area (Å²) in [4.78, 5) is 9.66. The van der Waals surface area contributed by atoms with Gasteiger partial charge in [-0.15, -0.1) is 0 Å². The largest absolute Gasteiger partial charge is 0.491 e. The van der Waals surface area contributed by atoms with Crippen LogP contribution < -0.4 is 4.74 Å². The van der Waals surface area contributed by atoms with Crippen molar-refractivity contribution < 1.29 is 14.1 Å². The Balaban J connectivity index is 3.06. The molecule has 0 amide bonds. The van der Waals surface area contributed by atoms with Gasteiger partial charge in [-0.1, -0.05) is 15.9 Å². The molecule has 1 aromatic rings. The molecule has 0 spiro atoms. The molecule has 0 fully saturated rings. The smallest absolute Gasteiger partial charge is 0.308 e. The van der Waals surface area contributed by atoms with Gasteiger partial charge >= 0.3 is 5.69 Å². The molecule has 0 aliphatic rings. The number of alkyl halides is 1. The SMILES string of the molecule is O=[N+]([O-])c1cc(OCCBr)c(Br)cc1F. The zero-order valence-corrected chi connectivity index (χ0v) is 10.5. The third-order valence-electron chi connectivity index (χ3n) is 1.53. The summed E-state index contributed by atoms with van der Waals surface area (Å²) in [5.41, 5.74) is -0.595. The summed E-state index contributed by atoms with van der Waals surface area (Å²) >= 11 is 6.20. The van der Waals surface area contributed by atoms with E-state index >= 15 is 0 Å². The molecule has 1 aromatic carbocycles. The van der Waals surface area contributed by atoms with Crippen molar-refractivity contribution >= 4 is 37.5 Å².